The summed E-state index contributed by atoms with van der Waals surface area (Å²) in [7, 11) is 1.60. The van der Waals surface area contributed by atoms with Crippen molar-refractivity contribution in [3.8, 4) is 5.75 Å². The van der Waals surface area contributed by atoms with Crippen molar-refractivity contribution in [2.45, 2.75) is 6.54 Å². The first-order valence-corrected chi connectivity index (χ1v) is 4.68. The van der Waals surface area contributed by atoms with Crippen LogP contribution >= 0.6 is 11.6 Å². The quantitative estimate of drug-likeness (QED) is 0.791. The largest absolute Gasteiger partial charge is 0.495 e. The maximum atomic E-state index is 5.80. The number of aromatic nitrogens is 4. The maximum Gasteiger partial charge on any atom is 0.225 e. The molecule has 2 heterocycles. The van der Waals surface area contributed by atoms with E-state index in [0.717, 1.165) is 11.3 Å². The zero-order chi connectivity index (χ0) is 10.7. The molecule has 0 aliphatic carbocycles. The van der Waals surface area contributed by atoms with Gasteiger partial charge in [0.1, 0.15) is 12.1 Å². The van der Waals surface area contributed by atoms with E-state index in [0.29, 0.717) is 11.8 Å². The molecule has 0 atom stereocenters. The fourth-order valence-corrected chi connectivity index (χ4v) is 1.35. The summed E-state index contributed by atoms with van der Waals surface area (Å²) in [6, 6.07) is 1.89. The van der Waals surface area contributed by atoms with Gasteiger partial charge in [0.25, 0.3) is 0 Å². The lowest BCUT2D eigenvalue weighted by atomic mass is 10.3. The molecule has 0 aliphatic rings. The summed E-state index contributed by atoms with van der Waals surface area (Å²) in [6.45, 7) is 0.579. The fourth-order valence-electron chi connectivity index (χ4n) is 1.21. The molecule has 0 aliphatic heterocycles. The molecule has 5 nitrogen and oxygen atoms in total. The Morgan fingerprint density at radius 3 is 3.00 bits per heavy atom. The summed E-state index contributed by atoms with van der Waals surface area (Å²) in [5.74, 6) is 0.719. The first kappa shape index (κ1) is 9.92. The Bertz CT molecular complexity index is 457. The van der Waals surface area contributed by atoms with Gasteiger partial charge >= 0.3 is 0 Å². The molecule has 0 radical (unpaired) electrons. The van der Waals surface area contributed by atoms with Gasteiger partial charge in [-0.25, -0.2) is 0 Å². The second-order valence-electron chi connectivity index (χ2n) is 2.96. The van der Waals surface area contributed by atoms with E-state index >= 15 is 0 Å². The Morgan fingerprint density at radius 1 is 1.47 bits per heavy atom. The van der Waals surface area contributed by atoms with Gasteiger partial charge in [0.05, 0.1) is 19.9 Å². The van der Waals surface area contributed by atoms with Crippen LogP contribution < -0.4 is 4.74 Å². The summed E-state index contributed by atoms with van der Waals surface area (Å²) in [5, 5.41) is 7.73. The highest BCUT2D eigenvalue weighted by Crippen LogP contribution is 2.13. The normalized spacial score (nSPS) is 10.3. The molecule has 78 valence electrons. The summed E-state index contributed by atoms with van der Waals surface area (Å²) in [6.07, 6.45) is 4.97. The molecule has 0 bridgehead atoms. The van der Waals surface area contributed by atoms with Crippen LogP contribution in [0.25, 0.3) is 0 Å². The average Bonchev–Trinajstić information content (AvgIpc) is 2.65. The number of hydrogen-bond acceptors (Lipinski definition) is 4. The van der Waals surface area contributed by atoms with Crippen LogP contribution in [0.5, 0.6) is 5.75 Å². The lowest BCUT2D eigenvalue weighted by Gasteiger charge is -2.04. The van der Waals surface area contributed by atoms with Gasteiger partial charge in [0.15, 0.2) is 0 Å². The Morgan fingerprint density at radius 2 is 2.33 bits per heavy atom. The average molecular weight is 225 g/mol. The maximum absolute atomic E-state index is 5.80. The lowest BCUT2D eigenvalue weighted by Crippen LogP contribution is -1.99. The highest BCUT2D eigenvalue weighted by atomic mass is 35.5. The zero-order valence-electron chi connectivity index (χ0n) is 8.09. The molecule has 6 heteroatoms. The fraction of sp³-hybridized carbons (Fsp3) is 0.222. The van der Waals surface area contributed by atoms with Crippen LogP contribution in [0.3, 0.4) is 0 Å². The van der Waals surface area contributed by atoms with E-state index in [9.17, 15) is 0 Å². The van der Waals surface area contributed by atoms with Crippen molar-refractivity contribution in [1.82, 2.24) is 19.7 Å². The molecule has 0 amide bonds. The molecule has 0 saturated heterocycles. The summed E-state index contributed by atoms with van der Waals surface area (Å²) in [4.78, 5) is 4.04. The standard InChI is InChI=1S/C9H9ClN4O/c1-15-8-2-7(3-11-4-8)5-14-6-12-13-9(14)10/h2-4,6H,5H2,1H3. The van der Waals surface area contributed by atoms with Crippen molar-refractivity contribution in [3.05, 3.63) is 35.6 Å². The van der Waals surface area contributed by atoms with E-state index in [1.54, 1.807) is 30.4 Å². The Hall–Kier alpha value is -1.62. The van der Waals surface area contributed by atoms with Gasteiger partial charge < -0.3 is 4.74 Å². The van der Waals surface area contributed by atoms with Gasteiger partial charge in [-0.15, -0.1) is 10.2 Å². The van der Waals surface area contributed by atoms with Gasteiger partial charge in [0, 0.05) is 6.20 Å². The zero-order valence-corrected chi connectivity index (χ0v) is 8.85. The van der Waals surface area contributed by atoms with Crippen LogP contribution in [0.2, 0.25) is 5.28 Å². The van der Waals surface area contributed by atoms with Crippen LogP contribution in [0.15, 0.2) is 24.8 Å². The van der Waals surface area contributed by atoms with E-state index in [1.807, 2.05) is 6.07 Å². The van der Waals surface area contributed by atoms with E-state index in [-0.39, 0.29) is 0 Å². The second-order valence-corrected chi connectivity index (χ2v) is 3.30. The molecular formula is C9H9ClN4O. The van der Waals surface area contributed by atoms with Gasteiger partial charge in [-0.3, -0.25) is 9.55 Å². The van der Waals surface area contributed by atoms with Crippen molar-refractivity contribution in [3.63, 3.8) is 0 Å². The van der Waals surface area contributed by atoms with Crippen LogP contribution in [0, 0.1) is 0 Å². The van der Waals surface area contributed by atoms with Crippen molar-refractivity contribution in [2.24, 2.45) is 0 Å². The lowest BCUT2D eigenvalue weighted by molar-refractivity contribution is 0.412. The Labute approximate surface area is 91.7 Å². The predicted octanol–water partition coefficient (Wildman–Crippen LogP) is 1.38. The van der Waals surface area contributed by atoms with E-state index < -0.39 is 0 Å². The molecular weight excluding hydrogens is 216 g/mol. The van der Waals surface area contributed by atoms with Gasteiger partial charge in [-0.1, -0.05) is 0 Å². The molecule has 0 aromatic carbocycles. The molecule has 2 rings (SSSR count). The third-order valence-corrected chi connectivity index (χ3v) is 2.22. The molecule has 2 aromatic rings. The minimum atomic E-state index is 0.359. The monoisotopic (exact) mass is 224 g/mol. The van der Waals surface area contributed by atoms with E-state index in [2.05, 4.69) is 15.2 Å². The van der Waals surface area contributed by atoms with Gasteiger partial charge in [-0.2, -0.15) is 0 Å². The molecule has 0 spiro atoms. The SMILES string of the molecule is COc1cncc(Cn2cnnc2Cl)c1. The number of methoxy groups -OCH3 is 1. The Balaban J connectivity index is 2.21. The molecule has 0 unspecified atom stereocenters. The number of pyridine rings is 1. The number of ether oxygens (including phenoxy) is 1. The third kappa shape index (κ3) is 2.24. The first-order chi connectivity index (χ1) is 7.29. The van der Waals surface area contributed by atoms with Crippen molar-refractivity contribution >= 4 is 11.6 Å². The smallest absolute Gasteiger partial charge is 0.225 e. The summed E-state index contributed by atoms with van der Waals surface area (Å²) in [5.41, 5.74) is 0.982. The molecule has 0 fully saturated rings. The predicted molar refractivity (Wildman–Crippen MR) is 54.9 cm³/mol. The number of hydrogen-bond donors (Lipinski definition) is 0. The molecule has 0 saturated carbocycles. The highest BCUT2D eigenvalue weighted by Gasteiger charge is 2.02. The van der Waals surface area contributed by atoms with Gasteiger partial charge in [0.2, 0.25) is 5.28 Å². The summed E-state index contributed by atoms with van der Waals surface area (Å²) < 4.78 is 6.79. The number of rotatable bonds is 3. The number of halogens is 1. The van der Waals surface area contributed by atoms with Gasteiger partial charge in [-0.05, 0) is 23.2 Å². The minimum Gasteiger partial charge on any atom is -0.495 e. The second kappa shape index (κ2) is 4.27. The first-order valence-electron chi connectivity index (χ1n) is 4.31. The molecule has 0 N–H and O–H groups in total. The third-order valence-electron chi connectivity index (χ3n) is 1.93. The summed E-state index contributed by atoms with van der Waals surface area (Å²) >= 11 is 5.80. The van der Waals surface area contributed by atoms with Crippen LogP contribution in [-0.4, -0.2) is 26.9 Å². The minimum absolute atomic E-state index is 0.359. The highest BCUT2D eigenvalue weighted by molar-refractivity contribution is 6.28. The molecule has 15 heavy (non-hydrogen) atoms. The van der Waals surface area contributed by atoms with Crippen LogP contribution in [-0.2, 0) is 6.54 Å². The topological polar surface area (TPSA) is 52.8 Å². The van der Waals surface area contributed by atoms with E-state index in [4.69, 9.17) is 16.3 Å². The van der Waals surface area contributed by atoms with Crippen molar-refractivity contribution in [2.75, 3.05) is 7.11 Å². The van der Waals surface area contributed by atoms with Crippen LogP contribution in [0.4, 0.5) is 0 Å². The van der Waals surface area contributed by atoms with Crippen molar-refractivity contribution < 1.29 is 4.74 Å². The van der Waals surface area contributed by atoms with Crippen molar-refractivity contribution in [1.29, 1.82) is 0 Å². The molecule has 2 aromatic heterocycles. The van der Waals surface area contributed by atoms with E-state index in [1.165, 1.54) is 0 Å². The van der Waals surface area contributed by atoms with Crippen LogP contribution in [0.1, 0.15) is 5.56 Å². The Kier molecular flexibility index (Phi) is 2.82. The number of nitrogens with zero attached hydrogens (tertiary/aromatic N) is 4.